The summed E-state index contributed by atoms with van der Waals surface area (Å²) in [6.45, 7) is 1.73. The number of amides is 1. The molecule has 6 nitrogen and oxygen atoms in total. The standard InChI is InChI=1S/C14H17N3O3/c15-7-11-3-1-2-4-13(11)16-14(19)8-17-5-6-20-10-12(17)9-18/h1-4,12,18H,5-6,8-10H2,(H,16,19). The first-order valence-electron chi connectivity index (χ1n) is 6.46. The topological polar surface area (TPSA) is 85.6 Å². The Morgan fingerprint density at radius 1 is 1.55 bits per heavy atom. The zero-order valence-electron chi connectivity index (χ0n) is 11.1. The van der Waals surface area contributed by atoms with Gasteiger partial charge < -0.3 is 15.2 Å². The van der Waals surface area contributed by atoms with E-state index in [1.54, 1.807) is 24.3 Å². The summed E-state index contributed by atoms with van der Waals surface area (Å²) in [5.41, 5.74) is 0.940. The maximum absolute atomic E-state index is 12.0. The highest BCUT2D eigenvalue weighted by atomic mass is 16.5. The lowest BCUT2D eigenvalue weighted by Gasteiger charge is -2.33. The number of aliphatic hydroxyl groups excluding tert-OH is 1. The van der Waals surface area contributed by atoms with Gasteiger partial charge in [0.1, 0.15) is 6.07 Å². The van der Waals surface area contributed by atoms with Crippen LogP contribution in [0.3, 0.4) is 0 Å². The van der Waals surface area contributed by atoms with E-state index >= 15 is 0 Å². The molecule has 0 saturated carbocycles. The minimum Gasteiger partial charge on any atom is -0.395 e. The van der Waals surface area contributed by atoms with E-state index in [4.69, 9.17) is 10.00 Å². The second-order valence-corrected chi connectivity index (χ2v) is 4.59. The van der Waals surface area contributed by atoms with Gasteiger partial charge >= 0.3 is 0 Å². The van der Waals surface area contributed by atoms with Crippen molar-refractivity contribution in [1.82, 2.24) is 4.90 Å². The second-order valence-electron chi connectivity index (χ2n) is 4.59. The average molecular weight is 275 g/mol. The number of benzene rings is 1. The Bertz CT molecular complexity index is 513. The van der Waals surface area contributed by atoms with Crippen LogP contribution >= 0.6 is 0 Å². The third-order valence-electron chi connectivity index (χ3n) is 3.23. The summed E-state index contributed by atoms with van der Waals surface area (Å²) in [5.74, 6) is -0.201. The minimum absolute atomic E-state index is 0.0396. The molecule has 1 amide bonds. The average Bonchev–Trinajstić information content (AvgIpc) is 2.48. The van der Waals surface area contributed by atoms with E-state index in [0.29, 0.717) is 31.0 Å². The van der Waals surface area contributed by atoms with E-state index in [0.717, 1.165) is 0 Å². The molecule has 1 saturated heterocycles. The van der Waals surface area contributed by atoms with Gasteiger partial charge in [-0.3, -0.25) is 9.69 Å². The van der Waals surface area contributed by atoms with Crippen molar-refractivity contribution in [3.8, 4) is 6.07 Å². The number of hydrogen-bond donors (Lipinski definition) is 2. The van der Waals surface area contributed by atoms with E-state index < -0.39 is 0 Å². The molecule has 1 aromatic rings. The molecule has 1 aromatic carbocycles. The Morgan fingerprint density at radius 3 is 3.10 bits per heavy atom. The maximum Gasteiger partial charge on any atom is 0.238 e. The van der Waals surface area contributed by atoms with E-state index in [2.05, 4.69) is 5.32 Å². The fourth-order valence-electron chi connectivity index (χ4n) is 2.13. The van der Waals surface area contributed by atoms with Crippen molar-refractivity contribution >= 4 is 11.6 Å². The first-order chi connectivity index (χ1) is 9.74. The molecule has 1 unspecified atom stereocenters. The van der Waals surface area contributed by atoms with Crippen LogP contribution in [0.15, 0.2) is 24.3 Å². The van der Waals surface area contributed by atoms with Crippen molar-refractivity contribution in [3.63, 3.8) is 0 Å². The number of hydrogen-bond acceptors (Lipinski definition) is 5. The van der Waals surface area contributed by atoms with Crippen molar-refractivity contribution in [3.05, 3.63) is 29.8 Å². The molecule has 0 aromatic heterocycles. The van der Waals surface area contributed by atoms with Gasteiger partial charge in [0.25, 0.3) is 0 Å². The summed E-state index contributed by atoms with van der Waals surface area (Å²) < 4.78 is 5.26. The highest BCUT2D eigenvalue weighted by Crippen LogP contribution is 2.14. The second kappa shape index (κ2) is 7.01. The summed E-state index contributed by atoms with van der Waals surface area (Å²) in [7, 11) is 0. The highest BCUT2D eigenvalue weighted by molar-refractivity contribution is 5.93. The zero-order valence-corrected chi connectivity index (χ0v) is 11.1. The van der Waals surface area contributed by atoms with E-state index in [1.807, 2.05) is 11.0 Å². The van der Waals surface area contributed by atoms with Gasteiger partial charge in [0.2, 0.25) is 5.91 Å². The summed E-state index contributed by atoms with van der Waals surface area (Å²) in [6, 6.07) is 8.75. The van der Waals surface area contributed by atoms with Crippen LogP contribution < -0.4 is 5.32 Å². The third-order valence-corrected chi connectivity index (χ3v) is 3.23. The fraction of sp³-hybridized carbons (Fsp3) is 0.429. The number of nitriles is 1. The molecule has 6 heteroatoms. The molecule has 20 heavy (non-hydrogen) atoms. The minimum atomic E-state index is -0.201. The lowest BCUT2D eigenvalue weighted by atomic mass is 10.2. The van der Waals surface area contributed by atoms with Crippen LogP contribution in [-0.4, -0.2) is 54.9 Å². The number of rotatable bonds is 4. The Balaban J connectivity index is 1.97. The number of ether oxygens (including phenoxy) is 1. The van der Waals surface area contributed by atoms with Crippen LogP contribution in [0.25, 0.3) is 0 Å². The van der Waals surface area contributed by atoms with Gasteiger partial charge in [-0.2, -0.15) is 5.26 Å². The maximum atomic E-state index is 12.0. The number of nitrogens with zero attached hydrogens (tertiary/aromatic N) is 2. The molecular weight excluding hydrogens is 258 g/mol. The largest absolute Gasteiger partial charge is 0.395 e. The molecule has 0 radical (unpaired) electrons. The number of carbonyl (C=O) groups excluding carboxylic acids is 1. The van der Waals surface area contributed by atoms with E-state index in [1.165, 1.54) is 0 Å². The Labute approximate surface area is 117 Å². The Kier molecular flexibility index (Phi) is 5.07. The lowest BCUT2D eigenvalue weighted by molar-refractivity contribution is -0.120. The van der Waals surface area contributed by atoms with Crippen LogP contribution in [0.2, 0.25) is 0 Å². The van der Waals surface area contributed by atoms with Crippen LogP contribution in [0, 0.1) is 11.3 Å². The predicted octanol–water partition coefficient (Wildman–Crippen LogP) is 0.190. The lowest BCUT2D eigenvalue weighted by Crippen LogP contribution is -2.50. The number of carbonyl (C=O) groups is 1. The first kappa shape index (κ1) is 14.5. The third kappa shape index (κ3) is 3.54. The highest BCUT2D eigenvalue weighted by Gasteiger charge is 2.24. The Morgan fingerprint density at radius 2 is 2.35 bits per heavy atom. The first-order valence-corrected chi connectivity index (χ1v) is 6.46. The molecule has 1 atom stereocenters. The van der Waals surface area contributed by atoms with Crippen molar-refractivity contribution in [2.75, 3.05) is 38.2 Å². The normalized spacial score (nSPS) is 19.3. The fourth-order valence-corrected chi connectivity index (χ4v) is 2.13. The molecule has 0 spiro atoms. The monoisotopic (exact) mass is 275 g/mol. The van der Waals surface area contributed by atoms with Crippen LogP contribution in [-0.2, 0) is 9.53 Å². The molecule has 106 valence electrons. The molecule has 0 aliphatic carbocycles. The number of nitrogens with one attached hydrogen (secondary N) is 1. The number of anilines is 1. The van der Waals surface area contributed by atoms with E-state index in [9.17, 15) is 9.90 Å². The summed E-state index contributed by atoms with van der Waals surface area (Å²) in [4.78, 5) is 13.9. The number of morpholine rings is 1. The molecule has 2 N–H and O–H groups in total. The van der Waals surface area contributed by atoms with Gasteiger partial charge in [-0.15, -0.1) is 0 Å². The summed E-state index contributed by atoms with van der Waals surface area (Å²) in [5, 5.41) is 20.9. The molecule has 1 heterocycles. The van der Waals surface area contributed by atoms with Gasteiger partial charge in [-0.25, -0.2) is 0 Å². The van der Waals surface area contributed by atoms with Crippen molar-refractivity contribution < 1.29 is 14.6 Å². The van der Waals surface area contributed by atoms with Gasteiger partial charge in [0, 0.05) is 6.54 Å². The summed E-state index contributed by atoms with van der Waals surface area (Å²) >= 11 is 0. The smallest absolute Gasteiger partial charge is 0.238 e. The van der Waals surface area contributed by atoms with Gasteiger partial charge in [-0.1, -0.05) is 12.1 Å². The van der Waals surface area contributed by atoms with Gasteiger partial charge in [0.15, 0.2) is 0 Å². The van der Waals surface area contributed by atoms with Crippen LogP contribution in [0.4, 0.5) is 5.69 Å². The molecule has 1 aliphatic heterocycles. The van der Waals surface area contributed by atoms with Crippen molar-refractivity contribution in [2.45, 2.75) is 6.04 Å². The number of para-hydroxylation sites is 1. The van der Waals surface area contributed by atoms with Crippen LogP contribution in [0.1, 0.15) is 5.56 Å². The molecule has 0 bridgehead atoms. The molecule has 1 fully saturated rings. The molecular formula is C14H17N3O3. The SMILES string of the molecule is N#Cc1ccccc1NC(=O)CN1CCOCC1CO. The number of aliphatic hydroxyl groups is 1. The zero-order chi connectivity index (χ0) is 14.4. The van der Waals surface area contributed by atoms with Gasteiger partial charge in [0.05, 0.1) is 43.7 Å². The molecule has 1 aliphatic rings. The van der Waals surface area contributed by atoms with Gasteiger partial charge in [-0.05, 0) is 12.1 Å². The quantitative estimate of drug-likeness (QED) is 0.819. The Hall–Kier alpha value is -1.94. The predicted molar refractivity (Wildman–Crippen MR) is 73.1 cm³/mol. The summed E-state index contributed by atoms with van der Waals surface area (Å²) in [6.07, 6.45) is 0. The van der Waals surface area contributed by atoms with E-state index in [-0.39, 0.29) is 25.1 Å². The van der Waals surface area contributed by atoms with Crippen LogP contribution in [0.5, 0.6) is 0 Å². The van der Waals surface area contributed by atoms with Crippen molar-refractivity contribution in [2.24, 2.45) is 0 Å². The molecule has 2 rings (SSSR count). The van der Waals surface area contributed by atoms with Crippen molar-refractivity contribution in [1.29, 1.82) is 5.26 Å².